The Morgan fingerprint density at radius 1 is 1.19 bits per heavy atom. The van der Waals surface area contributed by atoms with E-state index in [-0.39, 0.29) is 11.3 Å². The van der Waals surface area contributed by atoms with Crippen LogP contribution in [-0.4, -0.2) is 62.2 Å². The van der Waals surface area contributed by atoms with Crippen molar-refractivity contribution in [3.63, 3.8) is 0 Å². The van der Waals surface area contributed by atoms with Crippen molar-refractivity contribution in [1.29, 1.82) is 0 Å². The monoisotopic (exact) mass is 452 g/mol. The van der Waals surface area contributed by atoms with Crippen LogP contribution < -0.4 is 0 Å². The molecule has 1 aliphatic heterocycles. The first kappa shape index (κ1) is 22.2. The van der Waals surface area contributed by atoms with E-state index in [1.54, 1.807) is 22.4 Å². The van der Waals surface area contributed by atoms with Gasteiger partial charge >= 0.3 is 0 Å². The number of aliphatic hydroxyl groups excluding tert-OH is 1. The van der Waals surface area contributed by atoms with E-state index < -0.39 is 17.7 Å². The minimum atomic E-state index is -0.644. The van der Waals surface area contributed by atoms with Gasteiger partial charge in [0.05, 0.1) is 17.3 Å². The van der Waals surface area contributed by atoms with Gasteiger partial charge in [-0.1, -0.05) is 26.0 Å². The molecular formula is C24H28N4O3S. The number of aromatic nitrogens is 2. The summed E-state index contributed by atoms with van der Waals surface area (Å²) in [6, 6.07) is 8.76. The number of hydrogen-bond acceptors (Lipinski definition) is 6. The Balaban J connectivity index is 1.77. The van der Waals surface area contributed by atoms with E-state index >= 15 is 0 Å². The molecule has 1 amide bonds. The molecule has 168 valence electrons. The lowest BCUT2D eigenvalue weighted by Crippen LogP contribution is -2.33. The number of Topliss-reactive ketones (excluding diaryl/α,β-unsaturated/α-hetero) is 1. The molecule has 3 aromatic rings. The number of hydrogen-bond donors (Lipinski definition) is 1. The predicted octanol–water partition coefficient (Wildman–Crippen LogP) is 3.86. The first-order chi connectivity index (χ1) is 15.5. The normalized spacial score (nSPS) is 18.4. The highest BCUT2D eigenvalue weighted by Gasteiger charge is 2.46. The van der Waals surface area contributed by atoms with Crippen molar-refractivity contribution < 1.29 is 14.7 Å². The topological polar surface area (TPSA) is 78.2 Å². The zero-order valence-corrected chi connectivity index (χ0v) is 19.4. The van der Waals surface area contributed by atoms with E-state index in [4.69, 9.17) is 0 Å². The molecule has 1 atom stereocenters. The Morgan fingerprint density at radius 3 is 2.66 bits per heavy atom. The van der Waals surface area contributed by atoms with Gasteiger partial charge in [-0.25, -0.2) is 4.98 Å². The Hall–Kier alpha value is -2.97. The average Bonchev–Trinajstić information content (AvgIpc) is 3.49. The van der Waals surface area contributed by atoms with Gasteiger partial charge in [-0.2, -0.15) is 0 Å². The van der Waals surface area contributed by atoms with Crippen LogP contribution in [0, 0.1) is 6.92 Å². The number of amides is 1. The number of imidazole rings is 1. The maximum absolute atomic E-state index is 13.2. The molecule has 0 bridgehead atoms. The van der Waals surface area contributed by atoms with Crippen LogP contribution in [0.25, 0.3) is 11.4 Å². The molecule has 0 aliphatic carbocycles. The second-order valence-electron chi connectivity index (χ2n) is 7.86. The predicted molar refractivity (Wildman–Crippen MR) is 126 cm³/mol. The molecule has 7 nitrogen and oxygen atoms in total. The first-order valence-electron chi connectivity index (χ1n) is 11.0. The molecule has 4 rings (SSSR count). The van der Waals surface area contributed by atoms with Gasteiger partial charge in [-0.15, -0.1) is 11.3 Å². The summed E-state index contributed by atoms with van der Waals surface area (Å²) in [6.07, 6.45) is 2.55. The van der Waals surface area contributed by atoms with Crippen molar-refractivity contribution in [2.45, 2.75) is 33.2 Å². The molecular weight excluding hydrogens is 424 g/mol. The lowest BCUT2D eigenvalue weighted by atomic mass is 10.0. The molecule has 1 saturated heterocycles. The summed E-state index contributed by atoms with van der Waals surface area (Å²) in [6.45, 7) is 9.20. The molecule has 0 spiro atoms. The number of thiophene rings is 1. The summed E-state index contributed by atoms with van der Waals surface area (Å²) in [5.41, 5.74) is 1.86. The number of carbonyl (C=O) groups excluding carboxylic acids is 2. The minimum Gasteiger partial charge on any atom is -0.505 e. The van der Waals surface area contributed by atoms with E-state index in [0.717, 1.165) is 30.9 Å². The van der Waals surface area contributed by atoms with E-state index in [0.29, 0.717) is 23.6 Å². The lowest BCUT2D eigenvalue weighted by Gasteiger charge is -2.25. The third-order valence-corrected chi connectivity index (χ3v) is 6.97. The fourth-order valence-electron chi connectivity index (χ4n) is 4.38. The molecule has 1 fully saturated rings. The fraction of sp³-hybridized carbons (Fsp3) is 0.375. The number of ketones is 1. The van der Waals surface area contributed by atoms with Gasteiger partial charge in [-0.3, -0.25) is 14.0 Å². The van der Waals surface area contributed by atoms with Gasteiger partial charge in [0.1, 0.15) is 11.3 Å². The number of aryl methyl sites for hydroxylation is 1. The number of pyridine rings is 1. The summed E-state index contributed by atoms with van der Waals surface area (Å²) in [5, 5.41) is 13.3. The number of carbonyl (C=O) groups is 2. The van der Waals surface area contributed by atoms with Gasteiger partial charge in [0.15, 0.2) is 5.76 Å². The minimum absolute atomic E-state index is 0.133. The van der Waals surface area contributed by atoms with E-state index in [9.17, 15) is 14.7 Å². The largest absolute Gasteiger partial charge is 0.505 e. The maximum atomic E-state index is 13.2. The highest BCUT2D eigenvalue weighted by Crippen LogP contribution is 2.41. The third kappa shape index (κ3) is 3.84. The zero-order chi connectivity index (χ0) is 22.8. The summed E-state index contributed by atoms with van der Waals surface area (Å²) < 4.78 is 1.75. The molecule has 1 unspecified atom stereocenters. The molecule has 0 aromatic carbocycles. The number of fused-ring (bicyclic) bond motifs is 1. The van der Waals surface area contributed by atoms with E-state index in [2.05, 4.69) is 23.7 Å². The van der Waals surface area contributed by atoms with Crippen LogP contribution in [0.2, 0.25) is 0 Å². The van der Waals surface area contributed by atoms with Crippen LogP contribution in [0.1, 0.15) is 42.6 Å². The van der Waals surface area contributed by atoms with Crippen molar-refractivity contribution in [2.75, 3.05) is 26.2 Å². The van der Waals surface area contributed by atoms with Gasteiger partial charge in [0.2, 0.25) is 0 Å². The standard InChI is InChI=1S/C24H28N4O3S/c1-4-26(5-2)12-9-14-28-21(17-10-8-15-32-17)19(23(30)24(28)31)22(29)20-16(3)25-18-11-6-7-13-27(18)20/h6-8,10-11,13,15,21,29H,4-5,9,12,14H2,1-3H3/b22-19+. The Morgan fingerprint density at radius 2 is 1.97 bits per heavy atom. The zero-order valence-electron chi connectivity index (χ0n) is 18.6. The van der Waals surface area contributed by atoms with Gasteiger partial charge in [-0.05, 0) is 56.6 Å². The van der Waals surface area contributed by atoms with Crippen LogP contribution >= 0.6 is 11.3 Å². The van der Waals surface area contributed by atoms with Crippen LogP contribution in [0.3, 0.4) is 0 Å². The summed E-state index contributed by atoms with van der Waals surface area (Å²) >= 11 is 1.48. The SMILES string of the molecule is CCN(CC)CCCN1C(=O)C(=O)/C(=C(/O)c2c(C)nc3ccccn23)C1c1cccs1. The Bertz CT molecular complexity index is 1160. The molecule has 1 aliphatic rings. The molecule has 3 aromatic heterocycles. The van der Waals surface area contributed by atoms with E-state index in [1.807, 2.05) is 35.7 Å². The quantitative estimate of drug-likeness (QED) is 0.319. The Labute approximate surface area is 191 Å². The maximum Gasteiger partial charge on any atom is 0.295 e. The molecule has 8 heteroatoms. The Kier molecular flexibility index (Phi) is 6.43. The highest BCUT2D eigenvalue weighted by atomic mass is 32.1. The second-order valence-corrected chi connectivity index (χ2v) is 8.84. The van der Waals surface area contributed by atoms with Crippen molar-refractivity contribution in [1.82, 2.24) is 19.2 Å². The highest BCUT2D eigenvalue weighted by molar-refractivity contribution is 7.10. The summed E-state index contributed by atoms with van der Waals surface area (Å²) in [7, 11) is 0. The van der Waals surface area contributed by atoms with Crippen LogP contribution in [0.15, 0.2) is 47.5 Å². The van der Waals surface area contributed by atoms with Crippen molar-refractivity contribution in [2.24, 2.45) is 0 Å². The molecule has 0 saturated carbocycles. The molecule has 32 heavy (non-hydrogen) atoms. The van der Waals surface area contributed by atoms with Crippen molar-refractivity contribution >= 4 is 34.4 Å². The van der Waals surface area contributed by atoms with Crippen LogP contribution in [-0.2, 0) is 9.59 Å². The summed E-state index contributed by atoms with van der Waals surface area (Å²) in [4.78, 5) is 35.5. The smallest absolute Gasteiger partial charge is 0.295 e. The number of nitrogens with zero attached hydrogens (tertiary/aromatic N) is 4. The van der Waals surface area contributed by atoms with Gasteiger partial charge in [0, 0.05) is 17.6 Å². The number of likely N-dealkylation sites (tertiary alicyclic amines) is 1. The van der Waals surface area contributed by atoms with Gasteiger partial charge in [0.25, 0.3) is 11.7 Å². The third-order valence-electron chi connectivity index (χ3n) is 6.05. The average molecular weight is 453 g/mol. The number of aliphatic hydroxyl groups is 1. The lowest BCUT2D eigenvalue weighted by molar-refractivity contribution is -0.139. The van der Waals surface area contributed by atoms with Gasteiger partial charge < -0.3 is 14.9 Å². The summed E-state index contributed by atoms with van der Waals surface area (Å²) in [5.74, 6) is -1.38. The first-order valence-corrected chi connectivity index (χ1v) is 11.8. The van der Waals surface area contributed by atoms with Crippen LogP contribution in [0.4, 0.5) is 0 Å². The number of rotatable bonds is 8. The van der Waals surface area contributed by atoms with E-state index in [1.165, 1.54) is 11.3 Å². The van der Waals surface area contributed by atoms with Crippen molar-refractivity contribution in [3.05, 3.63) is 63.7 Å². The fourth-order valence-corrected chi connectivity index (χ4v) is 5.23. The second kappa shape index (κ2) is 9.26. The molecule has 1 N–H and O–H groups in total. The molecule has 4 heterocycles. The molecule has 0 radical (unpaired) electrons. The van der Waals surface area contributed by atoms with Crippen molar-refractivity contribution in [3.8, 4) is 0 Å². The van der Waals surface area contributed by atoms with Crippen LogP contribution in [0.5, 0.6) is 0 Å².